The molecule has 18 heavy (non-hydrogen) atoms. The second kappa shape index (κ2) is 8.09. The Kier molecular flexibility index (Phi) is 6.73. The molecule has 3 heteroatoms. The Morgan fingerprint density at radius 2 is 1.94 bits per heavy atom. The molecule has 1 aromatic rings. The molecule has 0 aliphatic carbocycles. The molecule has 1 heterocycles. The summed E-state index contributed by atoms with van der Waals surface area (Å²) in [5, 5.41) is 0. The van der Waals surface area contributed by atoms with Crippen LogP contribution in [0.3, 0.4) is 0 Å². The molecular formula is C15H27N3. The molecule has 0 spiro atoms. The number of hydrogen-bond acceptors (Lipinski definition) is 3. The quantitative estimate of drug-likeness (QED) is 0.769. The summed E-state index contributed by atoms with van der Waals surface area (Å²) < 4.78 is 0. The van der Waals surface area contributed by atoms with Crippen molar-refractivity contribution < 1.29 is 0 Å². The molecule has 0 atom stereocenters. The van der Waals surface area contributed by atoms with Crippen LogP contribution in [0.5, 0.6) is 0 Å². The summed E-state index contributed by atoms with van der Waals surface area (Å²) in [5.74, 6) is 1.09. The van der Waals surface area contributed by atoms with E-state index in [4.69, 9.17) is 10.7 Å². The lowest BCUT2D eigenvalue weighted by molar-refractivity contribution is 0.719. The van der Waals surface area contributed by atoms with Gasteiger partial charge in [0.1, 0.15) is 5.82 Å². The third-order valence-corrected chi connectivity index (χ3v) is 3.15. The van der Waals surface area contributed by atoms with Crippen molar-refractivity contribution >= 4 is 5.82 Å². The first-order valence-corrected chi connectivity index (χ1v) is 7.19. The van der Waals surface area contributed by atoms with Crippen molar-refractivity contribution in [3.05, 3.63) is 23.4 Å². The van der Waals surface area contributed by atoms with E-state index in [0.29, 0.717) is 6.54 Å². The van der Waals surface area contributed by atoms with Gasteiger partial charge in [0.05, 0.1) is 0 Å². The topological polar surface area (TPSA) is 42.1 Å². The first-order valence-electron chi connectivity index (χ1n) is 7.19. The SMILES string of the molecule is CCCCN(CC)c1cc(CN)cc(CCC)n1. The first kappa shape index (κ1) is 15.0. The average Bonchev–Trinajstić information content (AvgIpc) is 2.39. The zero-order valence-corrected chi connectivity index (χ0v) is 12.1. The maximum Gasteiger partial charge on any atom is 0.129 e. The molecule has 2 N–H and O–H groups in total. The average molecular weight is 249 g/mol. The number of unbranched alkanes of at least 4 members (excludes halogenated alkanes) is 1. The minimum atomic E-state index is 0.595. The third-order valence-electron chi connectivity index (χ3n) is 3.15. The van der Waals surface area contributed by atoms with Crippen molar-refractivity contribution in [1.29, 1.82) is 0 Å². The summed E-state index contributed by atoms with van der Waals surface area (Å²) in [5.41, 5.74) is 8.14. The van der Waals surface area contributed by atoms with Gasteiger partial charge in [-0.2, -0.15) is 0 Å². The lowest BCUT2D eigenvalue weighted by Crippen LogP contribution is -2.25. The Balaban J connectivity index is 2.93. The number of aromatic nitrogens is 1. The van der Waals surface area contributed by atoms with Gasteiger partial charge in [-0.3, -0.25) is 0 Å². The highest BCUT2D eigenvalue weighted by molar-refractivity contribution is 5.42. The fourth-order valence-electron chi connectivity index (χ4n) is 2.08. The van der Waals surface area contributed by atoms with Gasteiger partial charge in [-0.1, -0.05) is 26.7 Å². The van der Waals surface area contributed by atoms with Crippen molar-refractivity contribution in [1.82, 2.24) is 4.98 Å². The summed E-state index contributed by atoms with van der Waals surface area (Å²) >= 11 is 0. The largest absolute Gasteiger partial charge is 0.357 e. The van der Waals surface area contributed by atoms with Crippen LogP contribution in [0.25, 0.3) is 0 Å². The van der Waals surface area contributed by atoms with Crippen LogP contribution < -0.4 is 10.6 Å². The Morgan fingerprint density at radius 3 is 2.50 bits per heavy atom. The highest BCUT2D eigenvalue weighted by Crippen LogP contribution is 2.16. The van der Waals surface area contributed by atoms with Gasteiger partial charge in [0.2, 0.25) is 0 Å². The van der Waals surface area contributed by atoms with E-state index in [2.05, 4.69) is 37.8 Å². The standard InChI is InChI=1S/C15H27N3/c1-4-7-9-18(6-3)15-11-13(12-16)10-14(17-15)8-5-2/h10-11H,4-9,12,16H2,1-3H3. The van der Waals surface area contributed by atoms with Crippen LogP contribution in [0.15, 0.2) is 12.1 Å². The second-order valence-corrected chi connectivity index (χ2v) is 4.71. The summed E-state index contributed by atoms with van der Waals surface area (Å²) in [6.45, 7) is 9.28. The molecule has 0 radical (unpaired) electrons. The Morgan fingerprint density at radius 1 is 1.17 bits per heavy atom. The normalized spacial score (nSPS) is 10.7. The van der Waals surface area contributed by atoms with Crippen molar-refractivity contribution in [2.24, 2.45) is 5.73 Å². The lowest BCUT2D eigenvalue weighted by atomic mass is 10.1. The van der Waals surface area contributed by atoms with E-state index in [0.717, 1.165) is 31.7 Å². The van der Waals surface area contributed by atoms with Gasteiger partial charge in [0.15, 0.2) is 0 Å². The van der Waals surface area contributed by atoms with Crippen LogP contribution in [0.1, 0.15) is 51.3 Å². The van der Waals surface area contributed by atoms with Crippen LogP contribution in [0.4, 0.5) is 5.82 Å². The predicted molar refractivity (Wildman–Crippen MR) is 78.9 cm³/mol. The van der Waals surface area contributed by atoms with Crippen LogP contribution in [-0.4, -0.2) is 18.1 Å². The molecule has 3 nitrogen and oxygen atoms in total. The van der Waals surface area contributed by atoms with E-state index in [1.54, 1.807) is 0 Å². The molecule has 1 aromatic heterocycles. The Labute approximate surface area is 111 Å². The number of aryl methyl sites for hydroxylation is 1. The number of hydrogen-bond donors (Lipinski definition) is 1. The second-order valence-electron chi connectivity index (χ2n) is 4.71. The fourth-order valence-corrected chi connectivity index (χ4v) is 2.08. The zero-order chi connectivity index (χ0) is 13.4. The van der Waals surface area contributed by atoms with Gasteiger partial charge >= 0.3 is 0 Å². The first-order chi connectivity index (χ1) is 8.74. The van der Waals surface area contributed by atoms with Crippen LogP contribution in [0, 0.1) is 0 Å². The van der Waals surface area contributed by atoms with Gasteiger partial charge in [0.25, 0.3) is 0 Å². The number of pyridine rings is 1. The van der Waals surface area contributed by atoms with Crippen molar-refractivity contribution in [2.75, 3.05) is 18.0 Å². The van der Waals surface area contributed by atoms with E-state index in [9.17, 15) is 0 Å². The van der Waals surface area contributed by atoms with Gasteiger partial charge in [-0.15, -0.1) is 0 Å². The molecular weight excluding hydrogens is 222 g/mol. The van der Waals surface area contributed by atoms with Crippen LogP contribution in [-0.2, 0) is 13.0 Å². The number of anilines is 1. The molecule has 0 saturated heterocycles. The third kappa shape index (κ3) is 4.30. The van der Waals surface area contributed by atoms with Gasteiger partial charge in [0, 0.05) is 25.3 Å². The zero-order valence-electron chi connectivity index (χ0n) is 12.1. The lowest BCUT2D eigenvalue weighted by Gasteiger charge is -2.23. The molecule has 102 valence electrons. The van der Waals surface area contributed by atoms with E-state index >= 15 is 0 Å². The molecule has 0 saturated carbocycles. The smallest absolute Gasteiger partial charge is 0.129 e. The van der Waals surface area contributed by atoms with Gasteiger partial charge in [-0.05, 0) is 37.5 Å². The maximum atomic E-state index is 5.78. The van der Waals surface area contributed by atoms with E-state index in [1.807, 2.05) is 0 Å². The molecule has 0 aromatic carbocycles. The van der Waals surface area contributed by atoms with Crippen molar-refractivity contribution in [3.8, 4) is 0 Å². The fraction of sp³-hybridized carbons (Fsp3) is 0.667. The molecule has 1 rings (SSSR count). The molecule has 0 fully saturated rings. The summed E-state index contributed by atoms with van der Waals surface area (Å²) in [4.78, 5) is 7.11. The molecule has 0 unspecified atom stereocenters. The number of nitrogens with zero attached hydrogens (tertiary/aromatic N) is 2. The number of nitrogens with two attached hydrogens (primary N) is 1. The van der Waals surface area contributed by atoms with Crippen molar-refractivity contribution in [2.45, 2.75) is 53.0 Å². The van der Waals surface area contributed by atoms with Gasteiger partial charge < -0.3 is 10.6 Å². The Bertz CT molecular complexity index is 350. The predicted octanol–water partition coefficient (Wildman–Crippen LogP) is 3.12. The van der Waals surface area contributed by atoms with E-state index in [1.165, 1.54) is 24.1 Å². The summed E-state index contributed by atoms with van der Waals surface area (Å²) in [6.07, 6.45) is 4.59. The van der Waals surface area contributed by atoms with Crippen molar-refractivity contribution in [3.63, 3.8) is 0 Å². The van der Waals surface area contributed by atoms with Crippen LogP contribution >= 0.6 is 0 Å². The minimum Gasteiger partial charge on any atom is -0.357 e. The minimum absolute atomic E-state index is 0.595. The highest BCUT2D eigenvalue weighted by atomic mass is 15.2. The Hall–Kier alpha value is -1.09. The molecule has 0 bridgehead atoms. The number of rotatable bonds is 8. The summed E-state index contributed by atoms with van der Waals surface area (Å²) in [7, 11) is 0. The molecule has 0 amide bonds. The summed E-state index contributed by atoms with van der Waals surface area (Å²) in [6, 6.07) is 4.28. The monoisotopic (exact) mass is 249 g/mol. The van der Waals surface area contributed by atoms with E-state index < -0.39 is 0 Å². The van der Waals surface area contributed by atoms with Crippen LogP contribution in [0.2, 0.25) is 0 Å². The molecule has 0 aliphatic heterocycles. The maximum absolute atomic E-state index is 5.78. The molecule has 0 aliphatic rings. The highest BCUT2D eigenvalue weighted by Gasteiger charge is 2.08. The van der Waals surface area contributed by atoms with E-state index in [-0.39, 0.29) is 0 Å². The van der Waals surface area contributed by atoms with Gasteiger partial charge in [-0.25, -0.2) is 4.98 Å².